The molecule has 6 rings (SSSR count). The summed E-state index contributed by atoms with van der Waals surface area (Å²) in [5, 5.41) is 2.77. The van der Waals surface area contributed by atoms with Crippen LogP contribution >= 0.6 is 0 Å². The molecule has 0 aliphatic rings. The summed E-state index contributed by atoms with van der Waals surface area (Å²) in [7, 11) is 1.57. The molecule has 0 spiro atoms. The molecular weight excluding hydrogens is 660 g/mol. The number of benzene rings is 4. The Bertz CT molecular complexity index is 2130. The van der Waals surface area contributed by atoms with Gasteiger partial charge in [-0.3, -0.25) is 4.57 Å². The summed E-state index contributed by atoms with van der Waals surface area (Å²) in [6, 6.07) is 28.1. The Balaban J connectivity index is 0.000000198. The van der Waals surface area contributed by atoms with Crippen LogP contribution in [0.15, 0.2) is 114 Å². The molecule has 0 radical (unpaired) electrons. The maximum Gasteiger partial charge on any atom is 0.350 e. The molecule has 2 heterocycles. The first-order chi connectivity index (χ1) is 24.5. The fourth-order valence-corrected chi connectivity index (χ4v) is 4.88. The van der Waals surface area contributed by atoms with Crippen LogP contribution in [0.25, 0.3) is 0 Å². The van der Waals surface area contributed by atoms with Crippen LogP contribution in [0, 0.1) is 37.1 Å². The van der Waals surface area contributed by atoms with Crippen LogP contribution < -0.4 is 20.6 Å². The zero-order valence-electron chi connectivity index (χ0n) is 28.3. The Labute approximate surface area is 293 Å². The highest BCUT2D eigenvalue weighted by Crippen LogP contribution is 2.19. The molecule has 0 bridgehead atoms. The smallest absolute Gasteiger partial charge is 0.350 e. The molecule has 6 aromatic rings. The van der Waals surface area contributed by atoms with Crippen molar-refractivity contribution < 1.29 is 22.3 Å². The second kappa shape index (κ2) is 17.1. The lowest BCUT2D eigenvalue weighted by Gasteiger charge is -2.19. The molecule has 0 fully saturated rings. The zero-order valence-corrected chi connectivity index (χ0v) is 28.3. The number of aryl methyl sites for hydroxylation is 2. The molecular formula is C39H36F4N6O2. The van der Waals surface area contributed by atoms with E-state index in [1.165, 1.54) is 21.6 Å². The van der Waals surface area contributed by atoms with Crippen LogP contribution in [0.2, 0.25) is 0 Å². The minimum Gasteiger partial charge on any atom is -0.459 e. The lowest BCUT2D eigenvalue weighted by molar-refractivity contribution is 0.280. The van der Waals surface area contributed by atoms with E-state index in [2.05, 4.69) is 20.3 Å². The summed E-state index contributed by atoms with van der Waals surface area (Å²) in [6.45, 7) is 4.70. The molecule has 0 atom stereocenters. The summed E-state index contributed by atoms with van der Waals surface area (Å²) in [5.74, 6) is -2.13. The van der Waals surface area contributed by atoms with E-state index in [0.717, 1.165) is 34.6 Å². The molecule has 0 saturated carbocycles. The van der Waals surface area contributed by atoms with Crippen LogP contribution in [0.4, 0.5) is 29.2 Å². The second-order valence-electron chi connectivity index (χ2n) is 11.8. The number of ether oxygens (including phenoxy) is 1. The average Bonchev–Trinajstić information content (AvgIpc) is 3.12. The Morgan fingerprint density at radius 1 is 0.725 bits per heavy atom. The normalized spacial score (nSPS) is 10.6. The van der Waals surface area contributed by atoms with E-state index < -0.39 is 17.3 Å². The predicted octanol–water partition coefficient (Wildman–Crippen LogP) is 7.77. The number of halogens is 4. The molecule has 0 amide bonds. The highest BCUT2D eigenvalue weighted by Gasteiger charge is 2.15. The molecule has 0 saturated heterocycles. The molecule has 4 aromatic carbocycles. The topological polar surface area (TPSA) is 85.2 Å². The molecule has 262 valence electrons. The van der Waals surface area contributed by atoms with Crippen molar-refractivity contribution >= 4 is 11.6 Å². The summed E-state index contributed by atoms with van der Waals surface area (Å²) in [5.41, 5.74) is 4.37. The van der Waals surface area contributed by atoms with Crippen molar-refractivity contribution in [1.29, 1.82) is 0 Å². The van der Waals surface area contributed by atoms with Gasteiger partial charge in [-0.15, -0.1) is 0 Å². The third-order valence-corrected chi connectivity index (χ3v) is 7.75. The quantitative estimate of drug-likeness (QED) is 0.139. The third-order valence-electron chi connectivity index (χ3n) is 7.75. The minimum absolute atomic E-state index is 0.0304. The van der Waals surface area contributed by atoms with Crippen LogP contribution in [-0.2, 0) is 26.2 Å². The van der Waals surface area contributed by atoms with Gasteiger partial charge in [0.15, 0.2) is 23.3 Å². The standard InChI is InChI=1S/C20H19F2N3O.C19H17F2N3O/c1-14-7-9-15(10-8-14)11-25-13-18(22)19(23-20(25)26)24(2)12-16-5-3-4-6-17(16)21;1-13-6-8-14(9-7-13)12-25-19-23-11-17(21)18(24-19)22-10-15-4-2-3-5-16(15)20/h3-10,13H,11-12H2,1-2H3;2-9,11H,10,12H2,1H3,(H,22,23,24). The fraction of sp³-hybridized carbons (Fsp3) is 0.179. The summed E-state index contributed by atoms with van der Waals surface area (Å²) in [6.07, 6.45) is 2.17. The van der Waals surface area contributed by atoms with E-state index in [-0.39, 0.29) is 55.5 Å². The number of hydrogen-bond donors (Lipinski definition) is 1. The summed E-state index contributed by atoms with van der Waals surface area (Å²) >= 11 is 0. The maximum absolute atomic E-state index is 14.5. The second-order valence-corrected chi connectivity index (χ2v) is 11.8. The van der Waals surface area contributed by atoms with Crippen molar-refractivity contribution in [2.75, 3.05) is 17.3 Å². The van der Waals surface area contributed by atoms with Gasteiger partial charge in [0.25, 0.3) is 0 Å². The SMILES string of the molecule is Cc1ccc(COc2ncc(F)c(NCc3ccccc3F)n2)cc1.Cc1ccc(Cn2cc(F)c(N(C)Cc3ccccc3F)nc2=O)cc1. The van der Waals surface area contributed by atoms with Crippen LogP contribution in [-0.4, -0.2) is 26.6 Å². The molecule has 12 heteroatoms. The van der Waals surface area contributed by atoms with Gasteiger partial charge in [-0.05, 0) is 37.1 Å². The maximum atomic E-state index is 14.5. The minimum atomic E-state index is -0.629. The van der Waals surface area contributed by atoms with E-state index in [1.54, 1.807) is 43.4 Å². The van der Waals surface area contributed by atoms with Gasteiger partial charge < -0.3 is 15.0 Å². The predicted molar refractivity (Wildman–Crippen MR) is 188 cm³/mol. The van der Waals surface area contributed by atoms with Crippen LogP contribution in [0.1, 0.15) is 33.4 Å². The summed E-state index contributed by atoms with van der Waals surface area (Å²) in [4.78, 5) is 25.4. The summed E-state index contributed by atoms with van der Waals surface area (Å²) < 4.78 is 62.5. The molecule has 51 heavy (non-hydrogen) atoms. The van der Waals surface area contributed by atoms with Gasteiger partial charge in [-0.1, -0.05) is 96.1 Å². The number of anilines is 2. The Morgan fingerprint density at radius 2 is 1.31 bits per heavy atom. The van der Waals surface area contributed by atoms with E-state index >= 15 is 0 Å². The number of aromatic nitrogens is 4. The highest BCUT2D eigenvalue weighted by molar-refractivity contribution is 5.40. The van der Waals surface area contributed by atoms with Crippen molar-refractivity contribution in [3.63, 3.8) is 0 Å². The van der Waals surface area contributed by atoms with Gasteiger partial charge in [0, 0.05) is 37.5 Å². The highest BCUT2D eigenvalue weighted by atomic mass is 19.1. The number of nitrogens with one attached hydrogen (secondary N) is 1. The van der Waals surface area contributed by atoms with Crippen molar-refractivity contribution in [3.8, 4) is 6.01 Å². The molecule has 8 nitrogen and oxygen atoms in total. The number of hydrogen-bond acceptors (Lipinski definition) is 7. The molecule has 2 aromatic heterocycles. The zero-order chi connectivity index (χ0) is 36.3. The molecule has 1 N–H and O–H groups in total. The van der Waals surface area contributed by atoms with E-state index in [4.69, 9.17) is 4.74 Å². The Hall–Kier alpha value is -6.04. The largest absolute Gasteiger partial charge is 0.459 e. The van der Waals surface area contributed by atoms with Gasteiger partial charge in [-0.2, -0.15) is 9.97 Å². The van der Waals surface area contributed by atoms with Crippen LogP contribution in [0.3, 0.4) is 0 Å². The van der Waals surface area contributed by atoms with E-state index in [0.29, 0.717) is 11.1 Å². The van der Waals surface area contributed by atoms with Crippen molar-refractivity contribution in [2.24, 2.45) is 0 Å². The van der Waals surface area contributed by atoms with Gasteiger partial charge in [0.2, 0.25) is 0 Å². The van der Waals surface area contributed by atoms with Crippen molar-refractivity contribution in [2.45, 2.75) is 40.1 Å². The van der Waals surface area contributed by atoms with E-state index in [9.17, 15) is 22.4 Å². The fourth-order valence-electron chi connectivity index (χ4n) is 4.88. The lowest BCUT2D eigenvalue weighted by Crippen LogP contribution is -2.29. The lowest BCUT2D eigenvalue weighted by atomic mass is 10.1. The number of nitrogens with zero attached hydrogens (tertiary/aromatic N) is 5. The third kappa shape index (κ3) is 10.2. The van der Waals surface area contributed by atoms with Gasteiger partial charge in [0.1, 0.15) is 18.2 Å². The molecule has 0 aliphatic carbocycles. The van der Waals surface area contributed by atoms with E-state index in [1.807, 2.05) is 62.4 Å². The average molecular weight is 697 g/mol. The van der Waals surface area contributed by atoms with Gasteiger partial charge in [-0.25, -0.2) is 27.3 Å². The first-order valence-corrected chi connectivity index (χ1v) is 16.0. The first-order valence-electron chi connectivity index (χ1n) is 16.0. The first kappa shape index (κ1) is 36.2. The Kier molecular flexibility index (Phi) is 12.1. The van der Waals surface area contributed by atoms with Gasteiger partial charge in [0.05, 0.1) is 12.7 Å². The van der Waals surface area contributed by atoms with Crippen molar-refractivity contribution in [3.05, 3.63) is 177 Å². The molecule has 0 aliphatic heterocycles. The van der Waals surface area contributed by atoms with Crippen molar-refractivity contribution in [1.82, 2.24) is 19.5 Å². The van der Waals surface area contributed by atoms with Gasteiger partial charge >= 0.3 is 11.7 Å². The number of rotatable bonds is 11. The molecule has 0 unspecified atom stereocenters. The van der Waals surface area contributed by atoms with Crippen LogP contribution in [0.5, 0.6) is 6.01 Å². The monoisotopic (exact) mass is 696 g/mol. The Morgan fingerprint density at radius 3 is 1.94 bits per heavy atom.